The van der Waals surface area contributed by atoms with Crippen LogP contribution in [-0.2, 0) is 9.84 Å². The van der Waals surface area contributed by atoms with E-state index in [0.717, 1.165) is 24.2 Å². The summed E-state index contributed by atoms with van der Waals surface area (Å²) in [6, 6.07) is 13.7. The summed E-state index contributed by atoms with van der Waals surface area (Å²) in [5, 5.41) is 15.5. The lowest BCUT2D eigenvalue weighted by Gasteiger charge is -2.22. The van der Waals surface area contributed by atoms with E-state index in [0.29, 0.717) is 29.4 Å². The first kappa shape index (κ1) is 21.0. The summed E-state index contributed by atoms with van der Waals surface area (Å²) in [6.45, 7) is 1.47. The molecule has 4 rings (SSSR count). The lowest BCUT2D eigenvalue weighted by atomic mass is 10.2. The van der Waals surface area contributed by atoms with Gasteiger partial charge in [-0.3, -0.25) is 0 Å². The zero-order valence-corrected chi connectivity index (χ0v) is 17.7. The Morgan fingerprint density at radius 1 is 0.968 bits per heavy atom. The number of hydrogen-bond acceptors (Lipinski definition) is 7. The molecule has 1 aliphatic heterocycles. The van der Waals surface area contributed by atoms with E-state index < -0.39 is 9.84 Å². The number of aromatic nitrogens is 2. The molecule has 0 aliphatic carbocycles. The highest BCUT2D eigenvalue weighted by Gasteiger charge is 2.28. The van der Waals surface area contributed by atoms with E-state index >= 15 is 0 Å². The third-order valence-electron chi connectivity index (χ3n) is 5.17. The van der Waals surface area contributed by atoms with Crippen molar-refractivity contribution in [2.75, 3.05) is 18.4 Å². The topological polar surface area (TPSA) is 104 Å². The van der Waals surface area contributed by atoms with Crippen molar-refractivity contribution in [3.63, 3.8) is 0 Å². The van der Waals surface area contributed by atoms with Gasteiger partial charge >= 0.3 is 0 Å². The van der Waals surface area contributed by atoms with E-state index in [2.05, 4.69) is 20.6 Å². The number of piperidine rings is 1. The molecule has 0 unspecified atom stereocenters. The van der Waals surface area contributed by atoms with Crippen molar-refractivity contribution in [2.24, 2.45) is 0 Å². The number of phenolic OH excluding ortho intramolecular Hbond substituents is 1. The second-order valence-electron chi connectivity index (χ2n) is 7.41. The van der Waals surface area contributed by atoms with Gasteiger partial charge in [-0.25, -0.2) is 18.4 Å². The smallest absolute Gasteiger partial charge is 0.227 e. The first-order valence-electron chi connectivity index (χ1n) is 10.1. The standard InChI is InChI=1S/C23H24N4O3S/c28-20-3-1-2-17(14-20)4-5-18-15-25-23(26-16-18)27-19-6-8-21(9-7-19)31(29,30)22-10-12-24-13-11-22/h1-9,14-16,22,24,28H,10-13H2,(H,25,26,27)/b5-4+. The van der Waals surface area contributed by atoms with Gasteiger partial charge in [0.25, 0.3) is 0 Å². The van der Waals surface area contributed by atoms with Crippen molar-refractivity contribution < 1.29 is 13.5 Å². The number of nitrogens with one attached hydrogen (secondary N) is 2. The normalized spacial score (nSPS) is 15.2. The Morgan fingerprint density at radius 2 is 1.65 bits per heavy atom. The highest BCUT2D eigenvalue weighted by Crippen LogP contribution is 2.24. The average molecular weight is 437 g/mol. The number of rotatable bonds is 6. The largest absolute Gasteiger partial charge is 0.508 e. The van der Waals surface area contributed by atoms with Gasteiger partial charge in [0.05, 0.1) is 10.1 Å². The maximum atomic E-state index is 12.8. The molecular formula is C23H24N4O3S. The maximum Gasteiger partial charge on any atom is 0.227 e. The summed E-state index contributed by atoms with van der Waals surface area (Å²) in [6.07, 6.45) is 8.38. The van der Waals surface area contributed by atoms with E-state index in [4.69, 9.17) is 0 Å². The van der Waals surface area contributed by atoms with Gasteiger partial charge in [0.15, 0.2) is 9.84 Å². The summed E-state index contributed by atoms with van der Waals surface area (Å²) in [5.41, 5.74) is 2.41. The van der Waals surface area contributed by atoms with Crippen LogP contribution in [0.15, 0.2) is 65.8 Å². The molecule has 1 fully saturated rings. The van der Waals surface area contributed by atoms with Gasteiger partial charge in [-0.15, -0.1) is 0 Å². The van der Waals surface area contributed by atoms with Crippen molar-refractivity contribution in [3.05, 3.63) is 72.1 Å². The summed E-state index contributed by atoms with van der Waals surface area (Å²) in [7, 11) is -3.31. The predicted molar refractivity (Wildman–Crippen MR) is 122 cm³/mol. The molecule has 3 N–H and O–H groups in total. The fourth-order valence-corrected chi connectivity index (χ4v) is 5.22. The molecule has 0 amide bonds. The van der Waals surface area contributed by atoms with Gasteiger partial charge in [0.1, 0.15) is 5.75 Å². The van der Waals surface area contributed by atoms with Gasteiger partial charge in [-0.05, 0) is 67.9 Å². The molecule has 1 saturated heterocycles. The first-order valence-corrected chi connectivity index (χ1v) is 11.7. The van der Waals surface area contributed by atoms with Crippen LogP contribution in [0.1, 0.15) is 24.0 Å². The molecule has 2 heterocycles. The molecular weight excluding hydrogens is 412 g/mol. The molecule has 8 heteroatoms. The minimum Gasteiger partial charge on any atom is -0.508 e. The number of anilines is 2. The van der Waals surface area contributed by atoms with Gasteiger partial charge in [-0.1, -0.05) is 24.3 Å². The predicted octanol–water partition coefficient (Wildman–Crippen LogP) is 3.62. The summed E-state index contributed by atoms with van der Waals surface area (Å²) in [4.78, 5) is 8.95. The van der Waals surface area contributed by atoms with E-state index in [-0.39, 0.29) is 11.0 Å². The lowest BCUT2D eigenvalue weighted by molar-refractivity contribution is 0.475. The summed E-state index contributed by atoms with van der Waals surface area (Å²) >= 11 is 0. The molecule has 160 valence electrons. The van der Waals surface area contributed by atoms with E-state index in [9.17, 15) is 13.5 Å². The van der Waals surface area contributed by atoms with E-state index in [1.54, 1.807) is 54.9 Å². The molecule has 31 heavy (non-hydrogen) atoms. The zero-order chi connectivity index (χ0) is 21.7. The molecule has 0 spiro atoms. The van der Waals surface area contributed by atoms with Crippen LogP contribution in [0.4, 0.5) is 11.6 Å². The first-order chi connectivity index (χ1) is 15.0. The molecule has 0 atom stereocenters. The van der Waals surface area contributed by atoms with Gasteiger partial charge < -0.3 is 15.7 Å². The Hall–Kier alpha value is -3.23. The highest BCUT2D eigenvalue weighted by molar-refractivity contribution is 7.92. The third kappa shape index (κ3) is 5.28. The van der Waals surface area contributed by atoms with Gasteiger partial charge in [0, 0.05) is 23.6 Å². The Kier molecular flexibility index (Phi) is 6.29. The van der Waals surface area contributed by atoms with Gasteiger partial charge in [-0.2, -0.15) is 0 Å². The average Bonchev–Trinajstić information content (AvgIpc) is 2.80. The number of aromatic hydroxyl groups is 1. The zero-order valence-electron chi connectivity index (χ0n) is 16.9. The maximum absolute atomic E-state index is 12.8. The van der Waals surface area contributed by atoms with Crippen LogP contribution in [0.2, 0.25) is 0 Å². The molecule has 0 bridgehead atoms. The molecule has 0 saturated carbocycles. The van der Waals surface area contributed by atoms with Crippen molar-refractivity contribution >= 4 is 33.6 Å². The van der Waals surface area contributed by atoms with E-state index in [1.807, 2.05) is 18.2 Å². The number of hydrogen-bond donors (Lipinski definition) is 3. The highest BCUT2D eigenvalue weighted by atomic mass is 32.2. The Morgan fingerprint density at radius 3 is 2.32 bits per heavy atom. The van der Waals surface area contributed by atoms with Crippen LogP contribution < -0.4 is 10.6 Å². The molecule has 3 aromatic rings. The van der Waals surface area contributed by atoms with Crippen molar-refractivity contribution in [3.8, 4) is 5.75 Å². The fourth-order valence-electron chi connectivity index (χ4n) is 3.46. The minimum atomic E-state index is -3.31. The quantitative estimate of drug-likeness (QED) is 0.542. The van der Waals surface area contributed by atoms with Crippen molar-refractivity contribution in [1.29, 1.82) is 0 Å². The SMILES string of the molecule is O=S(=O)(c1ccc(Nc2ncc(/C=C/c3cccc(O)c3)cn2)cc1)C1CCNCC1. The van der Waals surface area contributed by atoms with Crippen LogP contribution in [0, 0.1) is 0 Å². The fraction of sp³-hybridized carbons (Fsp3) is 0.217. The molecule has 0 radical (unpaired) electrons. The second kappa shape index (κ2) is 9.28. The van der Waals surface area contributed by atoms with Crippen molar-refractivity contribution in [1.82, 2.24) is 15.3 Å². The molecule has 1 aliphatic rings. The van der Waals surface area contributed by atoms with Crippen LogP contribution in [0.5, 0.6) is 5.75 Å². The van der Waals surface area contributed by atoms with Crippen LogP contribution >= 0.6 is 0 Å². The van der Waals surface area contributed by atoms with Gasteiger partial charge in [0.2, 0.25) is 5.95 Å². The summed E-state index contributed by atoms with van der Waals surface area (Å²) < 4.78 is 25.6. The minimum absolute atomic E-state index is 0.215. The molecule has 7 nitrogen and oxygen atoms in total. The Labute approximate surface area is 181 Å². The third-order valence-corrected chi connectivity index (χ3v) is 7.45. The number of benzene rings is 2. The second-order valence-corrected chi connectivity index (χ2v) is 9.64. The number of nitrogens with zero attached hydrogens (tertiary/aromatic N) is 2. The summed E-state index contributed by atoms with van der Waals surface area (Å²) in [5.74, 6) is 0.635. The van der Waals surface area contributed by atoms with Crippen LogP contribution in [0.25, 0.3) is 12.2 Å². The number of sulfone groups is 1. The van der Waals surface area contributed by atoms with Crippen LogP contribution in [0.3, 0.4) is 0 Å². The molecule has 1 aromatic heterocycles. The van der Waals surface area contributed by atoms with Crippen molar-refractivity contribution in [2.45, 2.75) is 23.0 Å². The van der Waals surface area contributed by atoms with Crippen LogP contribution in [-0.4, -0.2) is 41.8 Å². The van der Waals surface area contributed by atoms with E-state index in [1.165, 1.54) is 0 Å². The lowest BCUT2D eigenvalue weighted by Crippen LogP contribution is -2.35. The molecule has 2 aromatic carbocycles. The number of phenols is 1. The monoisotopic (exact) mass is 436 g/mol. The Bertz CT molecular complexity index is 1150. The Balaban J connectivity index is 1.40.